The Labute approximate surface area is 402 Å². The highest BCUT2D eigenvalue weighted by Crippen LogP contribution is 2.54. The van der Waals surface area contributed by atoms with E-state index in [2.05, 4.69) is 165 Å². The Balaban J connectivity index is 1.08. The summed E-state index contributed by atoms with van der Waals surface area (Å²) >= 11 is 0. The number of hydrogen-bond donors (Lipinski definition) is 0. The summed E-state index contributed by atoms with van der Waals surface area (Å²) in [5.74, 6) is 4.55. The molecule has 10 heteroatoms. The Kier molecular flexibility index (Phi) is 8.96. The predicted octanol–water partition coefficient (Wildman–Crippen LogP) is 15.3. The van der Waals surface area contributed by atoms with Crippen LogP contribution in [0.3, 0.4) is 0 Å². The minimum atomic E-state index is 0.651. The average Bonchev–Trinajstić information content (AvgIpc) is 4.02. The predicted molar refractivity (Wildman–Crippen MR) is 277 cm³/mol. The number of anilines is 6. The first-order chi connectivity index (χ1) is 34.7. The van der Waals surface area contributed by atoms with Crippen LogP contribution >= 0.6 is 0 Å². The van der Waals surface area contributed by atoms with Crippen molar-refractivity contribution in [2.24, 2.45) is 0 Å². The summed E-state index contributed by atoms with van der Waals surface area (Å²) in [6.07, 6.45) is 3.59. The number of hydrogen-bond acceptors (Lipinski definition) is 8. The molecule has 4 aromatic heterocycles. The summed E-state index contributed by atoms with van der Waals surface area (Å²) in [6.45, 7) is 0. The van der Waals surface area contributed by atoms with Gasteiger partial charge in [-0.25, -0.2) is 19.9 Å². The van der Waals surface area contributed by atoms with Crippen LogP contribution in [0, 0.1) is 0 Å². The Morgan fingerprint density at radius 2 is 0.643 bits per heavy atom. The molecule has 2 aliphatic heterocycles. The summed E-state index contributed by atoms with van der Waals surface area (Å²) in [5.41, 5.74) is 14.3. The van der Waals surface area contributed by atoms with Gasteiger partial charge in [-0.2, -0.15) is 0 Å². The zero-order valence-electron chi connectivity index (χ0n) is 37.3. The van der Waals surface area contributed by atoms with E-state index < -0.39 is 0 Å². The van der Waals surface area contributed by atoms with Gasteiger partial charge in [0, 0.05) is 46.3 Å². The number of fused-ring (bicyclic) bond motifs is 6. The van der Waals surface area contributed by atoms with E-state index in [9.17, 15) is 0 Å². The maximum absolute atomic E-state index is 6.56. The standard InChI is InChI=1S/C60H38N8O2/c1-3-17-43(18-4-1)67-51-25-15-31-61-57(51)63-59(67)41-33-39(35-45(37-41)65-47-21-7-11-27-53(47)69-54-28-12-8-22-48(54)65)40-34-42(60-64-58-52(26-16-32-62-58)68(60)44-19-5-2-6-20-44)38-46(36-40)66-49-23-9-13-29-55(49)70-56-30-14-10-24-50(56)66/h1-38H. The fraction of sp³-hybridized carbons (Fsp3) is 0. The van der Waals surface area contributed by atoms with Crippen LogP contribution in [-0.2, 0) is 0 Å². The number of rotatable bonds is 7. The van der Waals surface area contributed by atoms with Crippen molar-refractivity contribution in [3.05, 3.63) is 231 Å². The molecule has 10 nitrogen and oxygen atoms in total. The summed E-state index contributed by atoms with van der Waals surface area (Å²) in [6, 6.07) is 75.0. The smallest absolute Gasteiger partial charge is 0.178 e. The molecule has 0 unspecified atom stereocenters. The van der Waals surface area contributed by atoms with E-state index in [0.717, 1.165) is 113 Å². The van der Waals surface area contributed by atoms with E-state index in [1.807, 2.05) is 72.8 Å². The molecule has 0 N–H and O–H groups in total. The van der Waals surface area contributed by atoms with Crippen molar-refractivity contribution in [1.82, 2.24) is 29.1 Å². The maximum atomic E-state index is 6.56. The van der Waals surface area contributed by atoms with Crippen LogP contribution in [0.4, 0.5) is 34.1 Å². The van der Waals surface area contributed by atoms with E-state index in [0.29, 0.717) is 11.3 Å². The maximum Gasteiger partial charge on any atom is 0.178 e. The molecule has 0 fully saturated rings. The van der Waals surface area contributed by atoms with Gasteiger partial charge in [-0.1, -0.05) is 84.9 Å². The quantitative estimate of drug-likeness (QED) is 0.156. The SMILES string of the molecule is c1ccc(-n2c(-c3cc(-c4cc(-c5nc6ncccc6n5-c5ccccc5)cc(N5c6ccccc6Oc6ccccc65)c4)cc(N4c5ccccc5Oc5ccccc54)c3)nc3ncccc32)cc1. The molecule has 12 aromatic rings. The fourth-order valence-corrected chi connectivity index (χ4v) is 9.93. The van der Waals surface area contributed by atoms with Gasteiger partial charge in [-0.15, -0.1) is 0 Å². The van der Waals surface area contributed by atoms with Crippen molar-refractivity contribution in [2.75, 3.05) is 9.80 Å². The van der Waals surface area contributed by atoms with Crippen LogP contribution in [0.15, 0.2) is 231 Å². The number of nitrogens with zero attached hydrogens (tertiary/aromatic N) is 8. The number of benzene rings is 8. The summed E-state index contributed by atoms with van der Waals surface area (Å²) < 4.78 is 17.5. The number of para-hydroxylation sites is 10. The largest absolute Gasteiger partial charge is 0.453 e. The molecule has 70 heavy (non-hydrogen) atoms. The molecule has 330 valence electrons. The first-order valence-corrected chi connectivity index (χ1v) is 23.1. The third-order valence-electron chi connectivity index (χ3n) is 13.0. The van der Waals surface area contributed by atoms with Crippen LogP contribution in [-0.4, -0.2) is 29.1 Å². The van der Waals surface area contributed by atoms with E-state index in [-0.39, 0.29) is 0 Å². The molecule has 0 saturated carbocycles. The number of aromatic nitrogens is 6. The van der Waals surface area contributed by atoms with Crippen LogP contribution in [0.1, 0.15) is 0 Å². The third-order valence-corrected chi connectivity index (χ3v) is 13.0. The molecule has 0 amide bonds. The highest BCUT2D eigenvalue weighted by Gasteiger charge is 2.30. The van der Waals surface area contributed by atoms with Crippen molar-refractivity contribution in [2.45, 2.75) is 0 Å². The van der Waals surface area contributed by atoms with Crippen LogP contribution in [0.5, 0.6) is 23.0 Å². The average molecular weight is 903 g/mol. The monoisotopic (exact) mass is 902 g/mol. The lowest BCUT2D eigenvalue weighted by Crippen LogP contribution is -2.16. The molecule has 0 saturated heterocycles. The molecule has 8 aromatic carbocycles. The zero-order valence-corrected chi connectivity index (χ0v) is 37.3. The molecule has 0 aliphatic carbocycles. The normalized spacial score (nSPS) is 12.5. The van der Waals surface area contributed by atoms with Gasteiger partial charge in [0.15, 0.2) is 34.3 Å². The number of ether oxygens (including phenoxy) is 2. The molecule has 0 bridgehead atoms. The van der Waals surface area contributed by atoms with Gasteiger partial charge in [-0.05, 0) is 145 Å². The Bertz CT molecular complexity index is 3650. The second kappa shape index (κ2) is 15.9. The minimum Gasteiger partial charge on any atom is -0.453 e. The minimum absolute atomic E-state index is 0.651. The Morgan fingerprint density at radius 3 is 1.03 bits per heavy atom. The third kappa shape index (κ3) is 6.42. The van der Waals surface area contributed by atoms with Gasteiger partial charge in [0.2, 0.25) is 0 Å². The molecule has 0 radical (unpaired) electrons. The first-order valence-electron chi connectivity index (χ1n) is 23.1. The highest BCUT2D eigenvalue weighted by molar-refractivity contribution is 5.94. The second-order valence-corrected chi connectivity index (χ2v) is 17.2. The van der Waals surface area contributed by atoms with Crippen LogP contribution in [0.2, 0.25) is 0 Å². The lowest BCUT2D eigenvalue weighted by Gasteiger charge is -2.34. The Morgan fingerprint density at radius 1 is 0.300 bits per heavy atom. The molecule has 2 aliphatic rings. The van der Waals surface area contributed by atoms with Crippen molar-refractivity contribution >= 4 is 56.5 Å². The summed E-state index contributed by atoms with van der Waals surface area (Å²) in [5, 5.41) is 0. The number of imidazole rings is 2. The lowest BCUT2D eigenvalue weighted by molar-refractivity contribution is 0.476. The molecule has 6 heterocycles. The van der Waals surface area contributed by atoms with Crippen LogP contribution in [0.25, 0.3) is 67.6 Å². The first kappa shape index (κ1) is 39.4. The van der Waals surface area contributed by atoms with Gasteiger partial charge in [0.05, 0.1) is 33.8 Å². The van der Waals surface area contributed by atoms with Crippen molar-refractivity contribution < 1.29 is 9.47 Å². The van der Waals surface area contributed by atoms with E-state index in [4.69, 9.17) is 29.4 Å². The van der Waals surface area contributed by atoms with Gasteiger partial charge in [0.25, 0.3) is 0 Å². The zero-order chi connectivity index (χ0) is 46.1. The van der Waals surface area contributed by atoms with Gasteiger partial charge in [-0.3, -0.25) is 9.13 Å². The molecule has 0 atom stereocenters. The van der Waals surface area contributed by atoms with E-state index >= 15 is 0 Å². The van der Waals surface area contributed by atoms with Crippen molar-refractivity contribution in [1.29, 1.82) is 0 Å². The van der Waals surface area contributed by atoms with Crippen LogP contribution < -0.4 is 19.3 Å². The molecular weight excluding hydrogens is 865 g/mol. The van der Waals surface area contributed by atoms with Gasteiger partial charge >= 0.3 is 0 Å². The van der Waals surface area contributed by atoms with E-state index in [1.165, 1.54) is 0 Å². The van der Waals surface area contributed by atoms with Crippen molar-refractivity contribution in [3.63, 3.8) is 0 Å². The molecule has 14 rings (SSSR count). The van der Waals surface area contributed by atoms with E-state index in [1.54, 1.807) is 12.4 Å². The Hall–Kier alpha value is -9.80. The van der Waals surface area contributed by atoms with Crippen molar-refractivity contribution in [3.8, 4) is 68.3 Å². The lowest BCUT2D eigenvalue weighted by atomic mass is 9.96. The highest BCUT2D eigenvalue weighted by atomic mass is 16.5. The second-order valence-electron chi connectivity index (χ2n) is 17.2. The number of pyridine rings is 2. The molecular formula is C60H38N8O2. The topological polar surface area (TPSA) is 86.4 Å². The summed E-state index contributed by atoms with van der Waals surface area (Å²) in [7, 11) is 0. The van der Waals surface area contributed by atoms with Gasteiger partial charge < -0.3 is 19.3 Å². The molecule has 0 spiro atoms. The van der Waals surface area contributed by atoms with Gasteiger partial charge in [0.1, 0.15) is 11.6 Å². The fourth-order valence-electron chi connectivity index (χ4n) is 9.93. The summed E-state index contributed by atoms with van der Waals surface area (Å²) in [4.78, 5) is 24.7.